The lowest BCUT2D eigenvalue weighted by atomic mass is 9.34. The Bertz CT molecular complexity index is 3050. The highest BCUT2D eigenvalue weighted by Crippen LogP contribution is 2.42. The van der Waals surface area contributed by atoms with Gasteiger partial charge in [-0.2, -0.15) is 0 Å². The molecule has 4 aliphatic heterocycles. The fourth-order valence-electron chi connectivity index (χ4n) is 10.9. The van der Waals surface area contributed by atoms with Gasteiger partial charge in [0.05, 0.1) is 11.0 Å². The van der Waals surface area contributed by atoms with Gasteiger partial charge in [0.15, 0.2) is 8.07 Å². The van der Waals surface area contributed by atoms with E-state index in [-0.39, 0.29) is 6.71 Å². The zero-order chi connectivity index (χ0) is 31.9. The molecule has 2 aromatic heterocycles. The van der Waals surface area contributed by atoms with Crippen LogP contribution < -0.4 is 37.1 Å². The van der Waals surface area contributed by atoms with Crippen molar-refractivity contribution < 1.29 is 0 Å². The number of aromatic nitrogens is 2. The molecule has 49 heavy (non-hydrogen) atoms. The Morgan fingerprint density at radius 1 is 0.510 bits per heavy atom. The third-order valence-corrected chi connectivity index (χ3v) is 17.6. The van der Waals surface area contributed by atoms with Gasteiger partial charge in [-0.3, -0.25) is 0 Å². The van der Waals surface area contributed by atoms with E-state index in [0.717, 1.165) is 0 Å². The van der Waals surface area contributed by atoms with Crippen LogP contribution in [0.3, 0.4) is 0 Å². The molecule has 1 atom stereocenters. The summed E-state index contributed by atoms with van der Waals surface area (Å²) in [6.45, 7) is 4.84. The van der Waals surface area contributed by atoms with E-state index in [2.05, 4.69) is 156 Å². The second kappa shape index (κ2) is 8.16. The molecule has 0 amide bonds. The summed E-state index contributed by atoms with van der Waals surface area (Å²) in [5.41, 5.74) is 16.9. The Kier molecular flexibility index (Phi) is 4.24. The lowest BCUT2D eigenvalue weighted by Crippen LogP contribution is -2.76. The van der Waals surface area contributed by atoms with E-state index in [0.29, 0.717) is 5.92 Å². The Morgan fingerprint density at radius 3 is 2.00 bits per heavy atom. The minimum Gasteiger partial charge on any atom is -0.310 e. The van der Waals surface area contributed by atoms with Crippen molar-refractivity contribution in [1.29, 1.82) is 0 Å². The predicted molar refractivity (Wildman–Crippen MR) is 210 cm³/mol. The molecule has 0 bridgehead atoms. The third-order valence-electron chi connectivity index (χ3n) is 12.7. The molecule has 4 heteroatoms. The van der Waals surface area contributed by atoms with Crippen molar-refractivity contribution in [3.05, 3.63) is 139 Å². The third kappa shape index (κ3) is 2.56. The molecule has 7 aromatic carbocycles. The molecule has 0 saturated heterocycles. The van der Waals surface area contributed by atoms with E-state index in [1.807, 2.05) is 0 Å². The zero-order valence-electron chi connectivity index (χ0n) is 27.3. The minimum atomic E-state index is -2.74. The average Bonchev–Trinajstić information content (AvgIpc) is 3.77. The number of nitrogens with zero attached hydrogens (tertiary/aromatic N) is 2. The quantitative estimate of drug-likeness (QED) is 0.201. The second-order valence-electron chi connectivity index (χ2n) is 15.0. The van der Waals surface area contributed by atoms with Crippen LogP contribution in [0.15, 0.2) is 133 Å². The fraction of sp³-hybridized carbons (Fsp3) is 0.0667. The summed E-state index contributed by atoms with van der Waals surface area (Å²) in [4.78, 5) is 0. The highest BCUT2D eigenvalue weighted by Gasteiger charge is 2.55. The highest BCUT2D eigenvalue weighted by atomic mass is 28.3. The van der Waals surface area contributed by atoms with E-state index in [9.17, 15) is 0 Å². The van der Waals surface area contributed by atoms with Crippen LogP contribution in [0.25, 0.3) is 66.1 Å². The topological polar surface area (TPSA) is 9.86 Å². The lowest BCUT2D eigenvalue weighted by Gasteiger charge is -2.42. The Balaban J connectivity index is 1.32. The Labute approximate surface area is 284 Å². The lowest BCUT2D eigenvalue weighted by molar-refractivity contribution is 0.868. The molecule has 6 heterocycles. The van der Waals surface area contributed by atoms with Crippen molar-refractivity contribution in [2.75, 3.05) is 0 Å². The van der Waals surface area contributed by atoms with E-state index in [1.54, 1.807) is 15.6 Å². The van der Waals surface area contributed by atoms with Gasteiger partial charge < -0.3 is 9.13 Å². The van der Waals surface area contributed by atoms with Crippen LogP contribution in [0.1, 0.15) is 25.3 Å². The molecule has 13 rings (SSSR count). The fourth-order valence-corrected chi connectivity index (χ4v) is 16.5. The van der Waals surface area contributed by atoms with Gasteiger partial charge in [0, 0.05) is 44.0 Å². The smallest absolute Gasteiger partial charge is 0.252 e. The van der Waals surface area contributed by atoms with E-state index in [4.69, 9.17) is 0 Å². The molecule has 0 N–H and O–H groups in total. The number of hydrogen-bond acceptors (Lipinski definition) is 0. The summed E-state index contributed by atoms with van der Waals surface area (Å²) in [6.07, 6.45) is 0. The normalized spacial score (nSPS) is 17.0. The SMILES string of the molecule is CC(C)c1ccc2c(c1)[Si]1(c3ccccc3-2)c2ccc3c4c2-n2c5c(cccc5c5cccc1c52)B4c1cccc2c4ccccc4n-3c12. The monoisotopic (exact) mass is 636 g/mol. The number of benzene rings is 7. The van der Waals surface area contributed by atoms with Crippen molar-refractivity contribution in [3.63, 3.8) is 0 Å². The van der Waals surface area contributed by atoms with Gasteiger partial charge in [0.1, 0.15) is 0 Å². The van der Waals surface area contributed by atoms with E-state index < -0.39 is 8.07 Å². The summed E-state index contributed by atoms with van der Waals surface area (Å²) in [5, 5.41) is 11.6. The van der Waals surface area contributed by atoms with Crippen molar-refractivity contribution in [2.24, 2.45) is 0 Å². The summed E-state index contributed by atoms with van der Waals surface area (Å²) in [6, 6.07) is 52.3. The molecule has 4 aliphatic rings. The van der Waals surface area contributed by atoms with Gasteiger partial charge in [0.25, 0.3) is 6.71 Å². The van der Waals surface area contributed by atoms with E-state index in [1.165, 1.54) is 93.3 Å². The van der Waals surface area contributed by atoms with Crippen LogP contribution in [-0.2, 0) is 0 Å². The van der Waals surface area contributed by atoms with Crippen molar-refractivity contribution in [2.45, 2.75) is 19.8 Å². The van der Waals surface area contributed by atoms with E-state index >= 15 is 0 Å². The number of hydrogen-bond donors (Lipinski definition) is 0. The summed E-state index contributed by atoms with van der Waals surface area (Å²) < 4.78 is 5.32. The highest BCUT2D eigenvalue weighted by molar-refractivity contribution is 7.24. The van der Waals surface area contributed by atoms with Crippen LogP contribution in [-0.4, -0.2) is 23.9 Å². The molecule has 226 valence electrons. The van der Waals surface area contributed by atoms with Gasteiger partial charge in [-0.1, -0.05) is 135 Å². The molecular formula is C45H29BN2Si. The average molecular weight is 637 g/mol. The van der Waals surface area contributed by atoms with Gasteiger partial charge >= 0.3 is 0 Å². The Morgan fingerprint density at radius 2 is 1.16 bits per heavy atom. The largest absolute Gasteiger partial charge is 0.310 e. The molecule has 0 aliphatic carbocycles. The van der Waals surface area contributed by atoms with Crippen molar-refractivity contribution in [3.8, 4) is 22.5 Å². The van der Waals surface area contributed by atoms with Gasteiger partial charge in [-0.05, 0) is 71.9 Å². The molecule has 0 saturated carbocycles. The molecular weight excluding hydrogens is 607 g/mol. The second-order valence-corrected chi connectivity index (χ2v) is 18.6. The molecule has 1 unspecified atom stereocenters. The molecule has 9 aromatic rings. The zero-order valence-corrected chi connectivity index (χ0v) is 28.3. The first-order chi connectivity index (χ1) is 24.2. The predicted octanol–water partition coefficient (Wildman–Crippen LogP) is 5.82. The molecule has 0 radical (unpaired) electrons. The number of rotatable bonds is 1. The molecule has 0 fully saturated rings. The maximum absolute atomic E-state index is 2.74. The van der Waals surface area contributed by atoms with Crippen LogP contribution in [0.4, 0.5) is 0 Å². The first-order valence-corrected chi connectivity index (χ1v) is 19.7. The van der Waals surface area contributed by atoms with Gasteiger partial charge in [0.2, 0.25) is 0 Å². The summed E-state index contributed by atoms with van der Waals surface area (Å²) in [5.74, 6) is 0.459. The number of fused-ring (bicyclic) bond motifs is 14. The van der Waals surface area contributed by atoms with Gasteiger partial charge in [-0.25, -0.2) is 0 Å². The molecule has 1 spiro atoms. The van der Waals surface area contributed by atoms with Crippen LogP contribution in [0.2, 0.25) is 0 Å². The first kappa shape index (κ1) is 25.4. The Hall–Kier alpha value is -5.58. The van der Waals surface area contributed by atoms with Crippen LogP contribution >= 0.6 is 0 Å². The maximum Gasteiger partial charge on any atom is 0.252 e. The van der Waals surface area contributed by atoms with Crippen LogP contribution in [0.5, 0.6) is 0 Å². The summed E-state index contributed by atoms with van der Waals surface area (Å²) >= 11 is 0. The van der Waals surface area contributed by atoms with Crippen molar-refractivity contribution >= 4 is 95.5 Å². The summed E-state index contributed by atoms with van der Waals surface area (Å²) in [7, 11) is -2.74. The van der Waals surface area contributed by atoms with Crippen molar-refractivity contribution in [1.82, 2.24) is 9.13 Å². The maximum atomic E-state index is 2.72. The minimum absolute atomic E-state index is 0.164. The standard InChI is InChI=1S/C45H29BN2Si/c1-25(2)26-20-21-29-28-11-4-6-18-37(28)49(40(29)24-26)38-19-9-14-32-31-13-8-16-34-43(31)48(44(32)38)45-39(49)23-22-36-41(45)46(34)33-15-7-12-30-27-10-3-5-17-35(27)47(36)42(30)33/h3-25H,1-2H3. The molecule has 2 nitrogen and oxygen atoms in total. The van der Waals surface area contributed by atoms with Gasteiger partial charge in [-0.15, -0.1) is 0 Å². The van der Waals surface area contributed by atoms with Crippen LogP contribution in [0, 0.1) is 0 Å². The first-order valence-electron chi connectivity index (χ1n) is 17.7. The number of para-hydroxylation sites is 4.